The van der Waals surface area contributed by atoms with Crippen LogP contribution in [0.15, 0.2) is 12.3 Å². The summed E-state index contributed by atoms with van der Waals surface area (Å²) in [6, 6.07) is 1.72. The van der Waals surface area contributed by atoms with Crippen molar-refractivity contribution < 1.29 is 9.90 Å². The van der Waals surface area contributed by atoms with Crippen molar-refractivity contribution in [2.24, 2.45) is 0 Å². The number of nitrogens with zero attached hydrogens (tertiary/aromatic N) is 1. The molecule has 11 heavy (non-hydrogen) atoms. The first kappa shape index (κ1) is 6.39. The van der Waals surface area contributed by atoms with Gasteiger partial charge in [-0.15, -0.1) is 0 Å². The number of hydrogen-bond donors (Lipinski definition) is 2. The van der Waals surface area contributed by atoms with Gasteiger partial charge in [0, 0.05) is 6.20 Å². The van der Waals surface area contributed by atoms with Gasteiger partial charge >= 0.3 is 5.97 Å². The van der Waals surface area contributed by atoms with E-state index in [1.165, 1.54) is 0 Å². The normalized spacial score (nSPS) is 19.6. The van der Waals surface area contributed by atoms with E-state index in [0.717, 1.165) is 18.5 Å². The number of rotatable bonds is 2. The van der Waals surface area contributed by atoms with Crippen LogP contribution in [0.3, 0.4) is 0 Å². The maximum atomic E-state index is 10.7. The van der Waals surface area contributed by atoms with Crippen LogP contribution in [-0.4, -0.2) is 21.3 Å². The Morgan fingerprint density at radius 1 is 1.73 bits per heavy atom. The summed E-state index contributed by atoms with van der Waals surface area (Å²) in [6.07, 6.45) is 3.04. The fourth-order valence-corrected chi connectivity index (χ4v) is 1.25. The molecular formula is C7H8N2O2. The first-order valence-corrected chi connectivity index (χ1v) is 3.49. The molecule has 1 aliphatic carbocycles. The monoisotopic (exact) mass is 152 g/mol. The summed E-state index contributed by atoms with van der Waals surface area (Å²) < 4.78 is 0. The second kappa shape index (κ2) is 1.84. The summed E-state index contributed by atoms with van der Waals surface area (Å²) in [4.78, 5) is 10.7. The lowest BCUT2D eigenvalue weighted by molar-refractivity contribution is -0.140. The van der Waals surface area contributed by atoms with Gasteiger partial charge in [-0.05, 0) is 18.9 Å². The molecule has 0 amide bonds. The standard InChI is InChI=1S/C7H8N2O2/c10-6(11)7(2-3-7)5-1-4-8-9-5/h1,4H,2-3H2,(H,8,9)(H,10,11). The van der Waals surface area contributed by atoms with Crippen molar-refractivity contribution in [3.05, 3.63) is 18.0 Å². The maximum absolute atomic E-state index is 10.7. The van der Waals surface area contributed by atoms with E-state index >= 15 is 0 Å². The number of carboxylic acids is 1. The minimum atomic E-state index is -0.748. The molecule has 0 bridgehead atoms. The van der Waals surface area contributed by atoms with Crippen molar-refractivity contribution in [2.45, 2.75) is 18.3 Å². The van der Waals surface area contributed by atoms with Crippen LogP contribution in [0.1, 0.15) is 18.5 Å². The number of aliphatic carboxylic acids is 1. The largest absolute Gasteiger partial charge is 0.481 e. The fraction of sp³-hybridized carbons (Fsp3) is 0.429. The zero-order valence-electron chi connectivity index (χ0n) is 5.87. The average molecular weight is 152 g/mol. The highest BCUT2D eigenvalue weighted by molar-refractivity contribution is 5.84. The van der Waals surface area contributed by atoms with Crippen LogP contribution in [0.25, 0.3) is 0 Å². The van der Waals surface area contributed by atoms with Gasteiger partial charge in [-0.25, -0.2) is 0 Å². The maximum Gasteiger partial charge on any atom is 0.315 e. The Kier molecular flexibility index (Phi) is 1.07. The third-order valence-corrected chi connectivity index (χ3v) is 2.18. The Hall–Kier alpha value is -1.32. The van der Waals surface area contributed by atoms with Crippen LogP contribution in [0.5, 0.6) is 0 Å². The molecule has 4 heteroatoms. The second-order valence-corrected chi connectivity index (χ2v) is 2.86. The molecule has 2 N–H and O–H groups in total. The van der Waals surface area contributed by atoms with Gasteiger partial charge in [-0.1, -0.05) is 0 Å². The first-order chi connectivity index (χ1) is 5.26. The van der Waals surface area contributed by atoms with E-state index in [0.29, 0.717) is 0 Å². The topological polar surface area (TPSA) is 66.0 Å². The summed E-state index contributed by atoms with van der Waals surface area (Å²) in [5, 5.41) is 15.2. The van der Waals surface area contributed by atoms with Crippen molar-refractivity contribution in [1.82, 2.24) is 10.2 Å². The Balaban J connectivity index is 2.36. The molecule has 0 atom stereocenters. The van der Waals surface area contributed by atoms with E-state index in [-0.39, 0.29) is 0 Å². The van der Waals surface area contributed by atoms with Gasteiger partial charge < -0.3 is 5.11 Å². The van der Waals surface area contributed by atoms with Crippen LogP contribution in [0.2, 0.25) is 0 Å². The Bertz CT molecular complexity index is 275. The smallest absolute Gasteiger partial charge is 0.315 e. The van der Waals surface area contributed by atoms with Crippen molar-refractivity contribution in [3.63, 3.8) is 0 Å². The number of nitrogens with one attached hydrogen (secondary N) is 1. The highest BCUT2D eigenvalue weighted by Crippen LogP contribution is 2.47. The Morgan fingerprint density at radius 3 is 2.82 bits per heavy atom. The average Bonchev–Trinajstić information content (AvgIpc) is 2.61. The summed E-state index contributed by atoms with van der Waals surface area (Å²) >= 11 is 0. The van der Waals surface area contributed by atoms with E-state index in [1.807, 2.05) is 0 Å². The minimum Gasteiger partial charge on any atom is -0.481 e. The predicted octanol–water partition coefficient (Wildman–Crippen LogP) is 0.526. The molecule has 2 rings (SSSR count). The molecular weight excluding hydrogens is 144 g/mol. The van der Waals surface area contributed by atoms with E-state index in [1.54, 1.807) is 12.3 Å². The summed E-state index contributed by atoms with van der Waals surface area (Å²) in [6.45, 7) is 0. The van der Waals surface area contributed by atoms with Gasteiger partial charge in [0.25, 0.3) is 0 Å². The lowest BCUT2D eigenvalue weighted by atomic mass is 10.0. The molecule has 0 unspecified atom stereocenters. The highest BCUT2D eigenvalue weighted by Gasteiger charge is 2.52. The summed E-state index contributed by atoms with van der Waals surface area (Å²) in [5.41, 5.74) is 0.0984. The fourth-order valence-electron chi connectivity index (χ4n) is 1.25. The van der Waals surface area contributed by atoms with Gasteiger partial charge in [0.15, 0.2) is 0 Å². The van der Waals surface area contributed by atoms with E-state index in [9.17, 15) is 4.79 Å². The molecule has 0 radical (unpaired) electrons. The molecule has 58 valence electrons. The number of aromatic amines is 1. The number of hydrogen-bond acceptors (Lipinski definition) is 2. The summed E-state index contributed by atoms with van der Waals surface area (Å²) in [7, 11) is 0. The molecule has 1 aromatic heterocycles. The lowest BCUT2D eigenvalue weighted by Gasteiger charge is -2.04. The molecule has 0 spiro atoms. The second-order valence-electron chi connectivity index (χ2n) is 2.86. The number of H-pyrrole nitrogens is 1. The SMILES string of the molecule is O=C(O)C1(c2ccn[nH]2)CC1. The molecule has 0 saturated heterocycles. The van der Waals surface area contributed by atoms with Gasteiger partial charge in [0.1, 0.15) is 5.41 Å². The third kappa shape index (κ3) is 0.753. The zero-order chi connectivity index (χ0) is 7.90. The predicted molar refractivity (Wildman–Crippen MR) is 37.1 cm³/mol. The summed E-state index contributed by atoms with van der Waals surface area (Å²) in [5.74, 6) is -0.748. The molecule has 1 fully saturated rings. The zero-order valence-corrected chi connectivity index (χ0v) is 5.87. The number of aromatic nitrogens is 2. The molecule has 1 aromatic rings. The Labute approximate surface area is 63.2 Å². The molecule has 0 aliphatic heterocycles. The lowest BCUT2D eigenvalue weighted by Crippen LogP contribution is -2.19. The van der Waals surface area contributed by atoms with Crippen LogP contribution < -0.4 is 0 Å². The van der Waals surface area contributed by atoms with E-state index in [4.69, 9.17) is 5.11 Å². The first-order valence-electron chi connectivity index (χ1n) is 3.49. The minimum absolute atomic E-state index is 0.628. The van der Waals surface area contributed by atoms with Crippen LogP contribution in [-0.2, 0) is 10.2 Å². The van der Waals surface area contributed by atoms with Crippen molar-refractivity contribution in [2.75, 3.05) is 0 Å². The van der Waals surface area contributed by atoms with Crippen LogP contribution in [0, 0.1) is 0 Å². The third-order valence-electron chi connectivity index (χ3n) is 2.18. The van der Waals surface area contributed by atoms with Crippen molar-refractivity contribution >= 4 is 5.97 Å². The quantitative estimate of drug-likeness (QED) is 0.649. The molecule has 4 nitrogen and oxygen atoms in total. The Morgan fingerprint density at radius 2 is 2.45 bits per heavy atom. The number of carboxylic acid groups (broad SMARTS) is 1. The van der Waals surface area contributed by atoms with Gasteiger partial charge in [-0.2, -0.15) is 5.10 Å². The van der Waals surface area contributed by atoms with Crippen LogP contribution >= 0.6 is 0 Å². The van der Waals surface area contributed by atoms with E-state index in [2.05, 4.69) is 10.2 Å². The highest BCUT2D eigenvalue weighted by atomic mass is 16.4. The molecule has 1 aliphatic rings. The van der Waals surface area contributed by atoms with Crippen molar-refractivity contribution in [1.29, 1.82) is 0 Å². The molecule has 1 heterocycles. The molecule has 1 saturated carbocycles. The number of carbonyl (C=O) groups is 1. The van der Waals surface area contributed by atoms with Gasteiger partial charge in [0.05, 0.1) is 5.69 Å². The van der Waals surface area contributed by atoms with Crippen LogP contribution in [0.4, 0.5) is 0 Å². The molecule has 0 aromatic carbocycles. The van der Waals surface area contributed by atoms with Gasteiger partial charge in [0.2, 0.25) is 0 Å². The van der Waals surface area contributed by atoms with Gasteiger partial charge in [-0.3, -0.25) is 9.89 Å². The van der Waals surface area contributed by atoms with E-state index < -0.39 is 11.4 Å². The van der Waals surface area contributed by atoms with Crippen molar-refractivity contribution in [3.8, 4) is 0 Å².